The van der Waals surface area contributed by atoms with Gasteiger partial charge in [-0.3, -0.25) is 4.98 Å². The Bertz CT molecular complexity index is 579. The number of rotatable bonds is 2. The van der Waals surface area contributed by atoms with Crippen molar-refractivity contribution in [2.75, 3.05) is 6.54 Å². The molecule has 0 aromatic carbocycles. The van der Waals surface area contributed by atoms with Gasteiger partial charge in [0.15, 0.2) is 5.58 Å². The van der Waals surface area contributed by atoms with E-state index in [2.05, 4.69) is 30.2 Å². The van der Waals surface area contributed by atoms with Crippen LogP contribution < -0.4 is 5.32 Å². The van der Waals surface area contributed by atoms with Crippen molar-refractivity contribution in [3.63, 3.8) is 0 Å². The number of furan rings is 1. The van der Waals surface area contributed by atoms with Gasteiger partial charge in [-0.05, 0) is 38.4 Å². The Hall–Kier alpha value is -1.61. The summed E-state index contributed by atoms with van der Waals surface area (Å²) in [6.07, 6.45) is 6.95. The summed E-state index contributed by atoms with van der Waals surface area (Å²) in [6.45, 7) is 5.51. The maximum Gasteiger partial charge on any atom is 0.152 e. The summed E-state index contributed by atoms with van der Waals surface area (Å²) >= 11 is 0. The van der Waals surface area contributed by atoms with Crippen LogP contribution in [-0.4, -0.2) is 17.1 Å². The molecule has 1 aliphatic rings. The quantitative estimate of drug-likeness (QED) is 0.858. The molecule has 0 bridgehead atoms. The number of nitrogens with zero attached hydrogens (tertiary/aromatic N) is 1. The van der Waals surface area contributed by atoms with E-state index in [1.54, 1.807) is 6.26 Å². The lowest BCUT2D eigenvalue weighted by molar-refractivity contribution is 0.283. The molecule has 0 radical (unpaired) electrons. The summed E-state index contributed by atoms with van der Waals surface area (Å²) < 4.78 is 5.36. The molecule has 1 unspecified atom stereocenters. The summed E-state index contributed by atoms with van der Waals surface area (Å²) in [5.41, 5.74) is 4.36. The van der Waals surface area contributed by atoms with E-state index in [-0.39, 0.29) is 5.54 Å². The van der Waals surface area contributed by atoms with Gasteiger partial charge in [0.2, 0.25) is 0 Å². The zero-order valence-corrected chi connectivity index (χ0v) is 10.2. The van der Waals surface area contributed by atoms with Crippen molar-refractivity contribution in [3.8, 4) is 0 Å². The zero-order chi connectivity index (χ0) is 11.9. The van der Waals surface area contributed by atoms with Gasteiger partial charge in [0.1, 0.15) is 5.52 Å². The summed E-state index contributed by atoms with van der Waals surface area (Å²) in [5.74, 6) is 0. The molecule has 1 saturated heterocycles. The highest BCUT2D eigenvalue weighted by Crippen LogP contribution is 2.28. The second-order valence-corrected chi connectivity index (χ2v) is 4.91. The Morgan fingerprint density at radius 2 is 2.41 bits per heavy atom. The first-order chi connectivity index (χ1) is 8.17. The van der Waals surface area contributed by atoms with Gasteiger partial charge in [-0.1, -0.05) is 11.6 Å². The smallest absolute Gasteiger partial charge is 0.152 e. The molecule has 2 aromatic rings. The predicted octanol–water partition coefficient (Wildman–Crippen LogP) is 2.98. The molecule has 1 aliphatic heterocycles. The van der Waals surface area contributed by atoms with Crippen LogP contribution in [0.25, 0.3) is 17.2 Å². The fraction of sp³-hybridized carbons (Fsp3) is 0.357. The van der Waals surface area contributed by atoms with Crippen molar-refractivity contribution in [2.45, 2.75) is 25.8 Å². The van der Waals surface area contributed by atoms with Gasteiger partial charge in [-0.15, -0.1) is 0 Å². The third kappa shape index (κ3) is 1.76. The van der Waals surface area contributed by atoms with Crippen LogP contribution in [0.15, 0.2) is 34.6 Å². The molecule has 0 aliphatic carbocycles. The second kappa shape index (κ2) is 3.70. The van der Waals surface area contributed by atoms with Crippen LogP contribution in [-0.2, 0) is 0 Å². The van der Waals surface area contributed by atoms with Crippen LogP contribution in [0.4, 0.5) is 0 Å². The van der Waals surface area contributed by atoms with E-state index in [4.69, 9.17) is 4.42 Å². The molecule has 3 rings (SSSR count). The lowest BCUT2D eigenvalue weighted by Gasteiger charge is -2.41. The van der Waals surface area contributed by atoms with Gasteiger partial charge in [-0.2, -0.15) is 0 Å². The van der Waals surface area contributed by atoms with E-state index in [9.17, 15) is 0 Å². The van der Waals surface area contributed by atoms with E-state index >= 15 is 0 Å². The van der Waals surface area contributed by atoms with E-state index in [0.717, 1.165) is 23.2 Å². The topological polar surface area (TPSA) is 38.1 Å². The summed E-state index contributed by atoms with van der Waals surface area (Å²) in [7, 11) is 0. The molecule has 2 aromatic heterocycles. The molecular formula is C14H16N2O. The van der Waals surface area contributed by atoms with Crippen molar-refractivity contribution in [1.29, 1.82) is 0 Å². The number of pyridine rings is 1. The first kappa shape index (κ1) is 10.5. The van der Waals surface area contributed by atoms with Crippen LogP contribution in [0, 0.1) is 0 Å². The minimum Gasteiger partial charge on any atom is -0.463 e. The SMILES string of the molecule is CC(=Cc1cnc2ccoc2c1)C1(C)CCN1. The number of hydrogen-bond acceptors (Lipinski definition) is 3. The van der Waals surface area contributed by atoms with E-state index < -0.39 is 0 Å². The van der Waals surface area contributed by atoms with Gasteiger partial charge in [0.05, 0.1) is 6.26 Å². The molecule has 1 N–H and O–H groups in total. The number of aromatic nitrogens is 1. The second-order valence-electron chi connectivity index (χ2n) is 4.91. The maximum absolute atomic E-state index is 5.36. The molecule has 0 saturated carbocycles. The maximum atomic E-state index is 5.36. The van der Waals surface area contributed by atoms with Crippen molar-refractivity contribution in [1.82, 2.24) is 10.3 Å². The van der Waals surface area contributed by atoms with Crippen molar-refractivity contribution in [3.05, 3.63) is 35.7 Å². The molecule has 17 heavy (non-hydrogen) atoms. The fourth-order valence-corrected chi connectivity index (χ4v) is 2.19. The van der Waals surface area contributed by atoms with Gasteiger partial charge in [-0.25, -0.2) is 0 Å². The average molecular weight is 228 g/mol. The zero-order valence-electron chi connectivity index (χ0n) is 10.2. The summed E-state index contributed by atoms with van der Waals surface area (Å²) in [4.78, 5) is 4.36. The Kier molecular flexibility index (Phi) is 2.30. The molecule has 0 amide bonds. The van der Waals surface area contributed by atoms with Crippen LogP contribution >= 0.6 is 0 Å². The van der Waals surface area contributed by atoms with Crippen LogP contribution in [0.1, 0.15) is 25.8 Å². The minimum absolute atomic E-state index is 0.165. The van der Waals surface area contributed by atoms with Crippen LogP contribution in [0.5, 0.6) is 0 Å². The Labute approximate surface area is 101 Å². The predicted molar refractivity (Wildman–Crippen MR) is 68.7 cm³/mol. The summed E-state index contributed by atoms with van der Waals surface area (Å²) in [5, 5.41) is 3.46. The Morgan fingerprint density at radius 3 is 3.12 bits per heavy atom. The number of hydrogen-bond donors (Lipinski definition) is 1. The van der Waals surface area contributed by atoms with Gasteiger partial charge in [0.25, 0.3) is 0 Å². The van der Waals surface area contributed by atoms with E-state index in [0.29, 0.717) is 0 Å². The molecule has 1 fully saturated rings. The van der Waals surface area contributed by atoms with Gasteiger partial charge < -0.3 is 9.73 Å². The van der Waals surface area contributed by atoms with E-state index in [1.807, 2.05) is 18.3 Å². The number of nitrogens with one attached hydrogen (secondary N) is 1. The highest BCUT2D eigenvalue weighted by Gasteiger charge is 2.32. The molecule has 0 spiro atoms. The van der Waals surface area contributed by atoms with Crippen molar-refractivity contribution in [2.24, 2.45) is 0 Å². The Balaban J connectivity index is 1.95. The fourth-order valence-electron chi connectivity index (χ4n) is 2.19. The third-order valence-electron chi connectivity index (χ3n) is 3.72. The lowest BCUT2D eigenvalue weighted by Crippen LogP contribution is -2.55. The normalized spacial score (nSPS) is 24.9. The average Bonchev–Trinajstić information content (AvgIpc) is 2.73. The van der Waals surface area contributed by atoms with Crippen molar-refractivity contribution >= 4 is 17.2 Å². The molecule has 3 heterocycles. The molecule has 88 valence electrons. The van der Waals surface area contributed by atoms with E-state index in [1.165, 1.54) is 12.0 Å². The standard InChI is InChI=1S/C14H16N2O/c1-10(14(2)4-5-16-14)7-11-8-13-12(15-9-11)3-6-17-13/h3,6-9,16H,4-5H2,1-2H3. The Morgan fingerprint density at radius 1 is 1.59 bits per heavy atom. The molecule has 1 atom stereocenters. The minimum atomic E-state index is 0.165. The first-order valence-corrected chi connectivity index (χ1v) is 5.94. The highest BCUT2D eigenvalue weighted by molar-refractivity contribution is 5.75. The van der Waals surface area contributed by atoms with Crippen LogP contribution in [0.3, 0.4) is 0 Å². The van der Waals surface area contributed by atoms with Crippen molar-refractivity contribution < 1.29 is 4.42 Å². The van der Waals surface area contributed by atoms with Gasteiger partial charge in [0, 0.05) is 17.8 Å². The monoisotopic (exact) mass is 228 g/mol. The molecule has 3 nitrogen and oxygen atoms in total. The third-order valence-corrected chi connectivity index (χ3v) is 3.72. The molecular weight excluding hydrogens is 212 g/mol. The van der Waals surface area contributed by atoms with Crippen LogP contribution in [0.2, 0.25) is 0 Å². The summed E-state index contributed by atoms with van der Waals surface area (Å²) in [6, 6.07) is 3.92. The highest BCUT2D eigenvalue weighted by atomic mass is 16.3. The number of fused-ring (bicyclic) bond motifs is 1. The van der Waals surface area contributed by atoms with Gasteiger partial charge >= 0.3 is 0 Å². The first-order valence-electron chi connectivity index (χ1n) is 5.94. The largest absolute Gasteiger partial charge is 0.463 e. The molecule has 3 heteroatoms. The lowest BCUT2D eigenvalue weighted by atomic mass is 9.82.